The first-order valence-electron chi connectivity index (χ1n) is 6.48. The summed E-state index contributed by atoms with van der Waals surface area (Å²) in [6.07, 6.45) is 4.02. The molecule has 1 fully saturated rings. The Kier molecular flexibility index (Phi) is 5.62. The lowest BCUT2D eigenvalue weighted by atomic mass is 9.96. The molecule has 3 unspecified atom stereocenters. The summed E-state index contributed by atoms with van der Waals surface area (Å²) in [5, 5.41) is 3.69. The van der Waals surface area contributed by atoms with Gasteiger partial charge in [0.2, 0.25) is 0 Å². The highest BCUT2D eigenvalue weighted by atomic mass is 16.5. The van der Waals surface area contributed by atoms with Crippen molar-refractivity contribution in [3.05, 3.63) is 0 Å². The van der Waals surface area contributed by atoms with Crippen LogP contribution < -0.4 is 5.32 Å². The number of ether oxygens (including phenoxy) is 1. The fourth-order valence-corrected chi connectivity index (χ4v) is 1.94. The molecule has 1 aliphatic heterocycles. The summed E-state index contributed by atoms with van der Waals surface area (Å²) in [6, 6.07) is 0.685. The molecule has 0 aromatic rings. The molecule has 0 aliphatic carbocycles. The van der Waals surface area contributed by atoms with Gasteiger partial charge in [-0.05, 0) is 37.6 Å². The van der Waals surface area contributed by atoms with E-state index in [1.54, 1.807) is 0 Å². The summed E-state index contributed by atoms with van der Waals surface area (Å²) in [5.41, 5.74) is 0. The molecule has 1 N–H and O–H groups in total. The van der Waals surface area contributed by atoms with Crippen LogP contribution in [0.1, 0.15) is 47.0 Å². The first kappa shape index (κ1) is 13.0. The zero-order valence-electron chi connectivity index (χ0n) is 10.8. The van der Waals surface area contributed by atoms with E-state index in [9.17, 15) is 0 Å². The summed E-state index contributed by atoms with van der Waals surface area (Å²) in [5.74, 6) is 1.55. The third-order valence-electron chi connectivity index (χ3n) is 3.69. The Labute approximate surface area is 94.8 Å². The molecular formula is C13H27NO. The second kappa shape index (κ2) is 6.49. The summed E-state index contributed by atoms with van der Waals surface area (Å²) >= 11 is 0. The van der Waals surface area contributed by atoms with Gasteiger partial charge in [0, 0.05) is 12.6 Å². The van der Waals surface area contributed by atoms with Crippen LogP contribution in [-0.2, 0) is 4.74 Å². The molecule has 15 heavy (non-hydrogen) atoms. The SMILES string of the molecule is CCC1CC(NCC(C)C(C)C)CCO1. The molecule has 0 amide bonds. The Bertz CT molecular complexity index is 170. The number of hydrogen-bond donors (Lipinski definition) is 1. The molecule has 0 spiro atoms. The van der Waals surface area contributed by atoms with Gasteiger partial charge in [-0.2, -0.15) is 0 Å². The van der Waals surface area contributed by atoms with Crippen molar-refractivity contribution in [2.75, 3.05) is 13.2 Å². The fraction of sp³-hybridized carbons (Fsp3) is 1.00. The normalized spacial score (nSPS) is 29.4. The molecule has 1 saturated heterocycles. The van der Waals surface area contributed by atoms with Crippen molar-refractivity contribution < 1.29 is 4.74 Å². The van der Waals surface area contributed by atoms with Gasteiger partial charge in [-0.25, -0.2) is 0 Å². The van der Waals surface area contributed by atoms with E-state index in [4.69, 9.17) is 4.74 Å². The van der Waals surface area contributed by atoms with Crippen LogP contribution in [-0.4, -0.2) is 25.3 Å². The van der Waals surface area contributed by atoms with E-state index < -0.39 is 0 Å². The summed E-state index contributed by atoms with van der Waals surface area (Å²) < 4.78 is 5.67. The number of hydrogen-bond acceptors (Lipinski definition) is 2. The standard InChI is InChI=1S/C13H27NO/c1-5-13-8-12(6-7-15-13)14-9-11(4)10(2)3/h10-14H,5-9H2,1-4H3. The van der Waals surface area contributed by atoms with E-state index in [2.05, 4.69) is 33.0 Å². The van der Waals surface area contributed by atoms with Gasteiger partial charge in [-0.1, -0.05) is 27.7 Å². The highest BCUT2D eigenvalue weighted by molar-refractivity contribution is 4.77. The van der Waals surface area contributed by atoms with E-state index in [0.29, 0.717) is 12.1 Å². The molecule has 0 saturated carbocycles. The maximum absolute atomic E-state index is 5.67. The van der Waals surface area contributed by atoms with Crippen molar-refractivity contribution in [3.63, 3.8) is 0 Å². The van der Waals surface area contributed by atoms with Crippen molar-refractivity contribution in [1.82, 2.24) is 5.32 Å². The van der Waals surface area contributed by atoms with Gasteiger partial charge >= 0.3 is 0 Å². The topological polar surface area (TPSA) is 21.3 Å². The molecule has 0 aromatic heterocycles. The first-order chi connectivity index (χ1) is 7.13. The minimum absolute atomic E-state index is 0.491. The lowest BCUT2D eigenvalue weighted by Gasteiger charge is -2.31. The van der Waals surface area contributed by atoms with Gasteiger partial charge in [0.25, 0.3) is 0 Å². The first-order valence-corrected chi connectivity index (χ1v) is 6.48. The monoisotopic (exact) mass is 213 g/mol. The summed E-state index contributed by atoms with van der Waals surface area (Å²) in [6.45, 7) is 11.2. The van der Waals surface area contributed by atoms with Crippen LogP contribution in [0.2, 0.25) is 0 Å². The quantitative estimate of drug-likeness (QED) is 0.758. The fourth-order valence-electron chi connectivity index (χ4n) is 1.94. The van der Waals surface area contributed by atoms with Crippen LogP contribution >= 0.6 is 0 Å². The Hall–Kier alpha value is -0.0800. The minimum atomic E-state index is 0.491. The molecule has 0 bridgehead atoms. The highest BCUT2D eigenvalue weighted by Gasteiger charge is 2.21. The van der Waals surface area contributed by atoms with E-state index in [1.165, 1.54) is 12.8 Å². The molecule has 1 rings (SSSR count). The number of nitrogens with one attached hydrogen (secondary N) is 1. The molecule has 0 radical (unpaired) electrons. The zero-order valence-corrected chi connectivity index (χ0v) is 10.8. The van der Waals surface area contributed by atoms with Gasteiger partial charge in [0.05, 0.1) is 6.10 Å². The van der Waals surface area contributed by atoms with Crippen molar-refractivity contribution in [1.29, 1.82) is 0 Å². The van der Waals surface area contributed by atoms with Gasteiger partial charge in [0.1, 0.15) is 0 Å². The smallest absolute Gasteiger partial charge is 0.0587 e. The lowest BCUT2D eigenvalue weighted by molar-refractivity contribution is -0.000746. The largest absolute Gasteiger partial charge is 0.378 e. The van der Waals surface area contributed by atoms with Crippen molar-refractivity contribution in [3.8, 4) is 0 Å². The summed E-state index contributed by atoms with van der Waals surface area (Å²) in [7, 11) is 0. The molecule has 3 atom stereocenters. The van der Waals surface area contributed by atoms with E-state index in [1.807, 2.05) is 0 Å². The van der Waals surface area contributed by atoms with Crippen molar-refractivity contribution >= 4 is 0 Å². The molecule has 0 aromatic carbocycles. The van der Waals surface area contributed by atoms with Crippen molar-refractivity contribution in [2.24, 2.45) is 11.8 Å². The average molecular weight is 213 g/mol. The van der Waals surface area contributed by atoms with Crippen LogP contribution in [0.5, 0.6) is 0 Å². The van der Waals surface area contributed by atoms with Crippen molar-refractivity contribution in [2.45, 2.75) is 59.1 Å². The van der Waals surface area contributed by atoms with Crippen LogP contribution in [0, 0.1) is 11.8 Å². The van der Waals surface area contributed by atoms with Crippen LogP contribution in [0.25, 0.3) is 0 Å². The van der Waals surface area contributed by atoms with E-state index in [-0.39, 0.29) is 0 Å². The molecule has 1 aliphatic rings. The second-order valence-electron chi connectivity index (χ2n) is 5.25. The lowest BCUT2D eigenvalue weighted by Crippen LogP contribution is -2.41. The molecule has 2 heteroatoms. The third kappa shape index (κ3) is 4.52. The Balaban J connectivity index is 2.20. The second-order valence-corrected chi connectivity index (χ2v) is 5.25. The number of rotatable bonds is 5. The third-order valence-corrected chi connectivity index (χ3v) is 3.69. The van der Waals surface area contributed by atoms with Gasteiger partial charge in [-0.3, -0.25) is 0 Å². The van der Waals surface area contributed by atoms with Crippen LogP contribution in [0.3, 0.4) is 0 Å². The van der Waals surface area contributed by atoms with Crippen LogP contribution in [0.4, 0.5) is 0 Å². The van der Waals surface area contributed by atoms with Gasteiger partial charge < -0.3 is 10.1 Å². The van der Waals surface area contributed by atoms with Crippen LogP contribution in [0.15, 0.2) is 0 Å². The predicted octanol–water partition coefficient (Wildman–Crippen LogP) is 2.83. The molecule has 90 valence electrons. The van der Waals surface area contributed by atoms with Gasteiger partial charge in [-0.15, -0.1) is 0 Å². The summed E-state index contributed by atoms with van der Waals surface area (Å²) in [4.78, 5) is 0. The minimum Gasteiger partial charge on any atom is -0.378 e. The Morgan fingerprint density at radius 1 is 1.33 bits per heavy atom. The maximum atomic E-state index is 5.67. The van der Waals surface area contributed by atoms with E-state index in [0.717, 1.165) is 31.4 Å². The zero-order chi connectivity index (χ0) is 11.3. The predicted molar refractivity (Wildman–Crippen MR) is 65.1 cm³/mol. The average Bonchev–Trinajstić information content (AvgIpc) is 2.26. The molecular weight excluding hydrogens is 186 g/mol. The highest BCUT2D eigenvalue weighted by Crippen LogP contribution is 2.17. The molecule has 2 nitrogen and oxygen atoms in total. The maximum Gasteiger partial charge on any atom is 0.0587 e. The Morgan fingerprint density at radius 3 is 2.67 bits per heavy atom. The van der Waals surface area contributed by atoms with E-state index >= 15 is 0 Å². The Morgan fingerprint density at radius 2 is 2.07 bits per heavy atom. The van der Waals surface area contributed by atoms with Gasteiger partial charge in [0.15, 0.2) is 0 Å². The molecule has 1 heterocycles.